The van der Waals surface area contributed by atoms with Crippen LogP contribution < -0.4 is 5.48 Å². The summed E-state index contributed by atoms with van der Waals surface area (Å²) in [5, 5.41) is 28.7. The van der Waals surface area contributed by atoms with Crippen LogP contribution in [-0.4, -0.2) is 91.7 Å². The number of Topliss-reactive ketones (excluding diaryl/α,β-unsaturated/α-hetero) is 1. The molecule has 0 amide bonds. The first-order valence-electron chi connectivity index (χ1n) is 13.7. The summed E-state index contributed by atoms with van der Waals surface area (Å²) < 4.78 is 31.1. The Balaban J connectivity index is 1.19. The molecule has 2 unspecified atom stereocenters. The maximum atomic E-state index is 15.4. The molecule has 3 N–H and O–H groups in total. The molecular formula is C28H29F2N7O5S. The fourth-order valence-corrected chi connectivity index (χ4v) is 6.00. The smallest absolute Gasteiger partial charge is 0.340 e. The lowest BCUT2D eigenvalue weighted by atomic mass is 9.82. The molecule has 2 aliphatic heterocycles. The predicted octanol–water partition coefficient (Wildman–Crippen LogP) is 3.33. The number of aromatic hydroxyl groups is 1. The number of ketones is 1. The molecule has 4 aliphatic rings. The Hall–Kier alpha value is -4.21. The summed E-state index contributed by atoms with van der Waals surface area (Å²) in [5.74, 6) is -4.03. The third kappa shape index (κ3) is 5.50. The number of azo groups is 1. The first-order chi connectivity index (χ1) is 20.7. The molecule has 1 saturated carbocycles. The molecule has 15 heteroatoms. The lowest BCUT2D eigenvalue weighted by Crippen LogP contribution is -2.50. The normalized spacial score (nSPS) is 22.9. The van der Waals surface area contributed by atoms with Gasteiger partial charge in [-0.25, -0.2) is 19.1 Å². The van der Waals surface area contributed by atoms with E-state index < -0.39 is 35.4 Å². The standard InChI is InChI=1S/C28H29F2N7O5S/c1-42-33-28(43)32-31-24-17-10-15(29)2-5-21(17)37(26(24)39)14-34-6-8-35(9-7-34)23-12-22-18(11-20(23)30)25(38)19(27(40)41)13-36(22)16-3-4-16/h2,5,10-13,16,18,22,39H,3-4,6-9,14H2,1H3,(H,33,43)(H,40,41). The van der Waals surface area contributed by atoms with Crippen LogP contribution in [0.25, 0.3) is 10.9 Å². The number of carboxylic acid groups (broad SMARTS) is 1. The molecule has 2 fully saturated rings. The van der Waals surface area contributed by atoms with E-state index in [1.165, 1.54) is 31.5 Å². The Labute approximate surface area is 250 Å². The summed E-state index contributed by atoms with van der Waals surface area (Å²) in [6.07, 6.45) is 6.21. The second kappa shape index (κ2) is 11.5. The summed E-state index contributed by atoms with van der Waals surface area (Å²) in [7, 11) is 1.36. The maximum Gasteiger partial charge on any atom is 0.340 e. The van der Waals surface area contributed by atoms with Crippen LogP contribution in [0.2, 0.25) is 0 Å². The van der Waals surface area contributed by atoms with E-state index in [4.69, 9.17) is 17.1 Å². The Morgan fingerprint density at radius 2 is 1.93 bits per heavy atom. The van der Waals surface area contributed by atoms with Gasteiger partial charge in [0.25, 0.3) is 0 Å². The molecule has 1 aromatic heterocycles. The van der Waals surface area contributed by atoms with Gasteiger partial charge in [0, 0.05) is 43.8 Å². The molecular weight excluding hydrogens is 584 g/mol. The molecule has 43 heavy (non-hydrogen) atoms. The average Bonchev–Trinajstić information content (AvgIpc) is 3.79. The number of nitrogens with one attached hydrogen (secondary N) is 1. The zero-order valence-corrected chi connectivity index (χ0v) is 23.9. The number of rotatable bonds is 7. The van der Waals surface area contributed by atoms with Crippen LogP contribution >= 0.6 is 12.2 Å². The van der Waals surface area contributed by atoms with Gasteiger partial charge in [-0.3, -0.25) is 19.1 Å². The second-order valence-electron chi connectivity index (χ2n) is 10.8. The summed E-state index contributed by atoms with van der Waals surface area (Å²) in [5.41, 5.74) is 3.03. The lowest BCUT2D eigenvalue weighted by Gasteiger charge is -2.42. The summed E-state index contributed by atoms with van der Waals surface area (Å²) in [6, 6.07) is 3.79. The molecule has 1 aromatic carbocycles. The first kappa shape index (κ1) is 28.9. The van der Waals surface area contributed by atoms with Gasteiger partial charge in [0.05, 0.1) is 37.0 Å². The topological polar surface area (TPSA) is 135 Å². The van der Waals surface area contributed by atoms with E-state index in [1.807, 2.05) is 9.80 Å². The lowest BCUT2D eigenvalue weighted by molar-refractivity contribution is -0.136. The highest BCUT2D eigenvalue weighted by Crippen LogP contribution is 2.41. The van der Waals surface area contributed by atoms with Gasteiger partial charge in [0.1, 0.15) is 17.2 Å². The van der Waals surface area contributed by atoms with E-state index in [2.05, 4.69) is 20.6 Å². The largest absolute Gasteiger partial charge is 0.493 e. The highest BCUT2D eigenvalue weighted by atomic mass is 32.1. The van der Waals surface area contributed by atoms with E-state index in [1.54, 1.807) is 16.7 Å². The van der Waals surface area contributed by atoms with Crippen molar-refractivity contribution in [2.24, 2.45) is 16.1 Å². The first-order valence-corrected chi connectivity index (χ1v) is 14.2. The van der Waals surface area contributed by atoms with Gasteiger partial charge in [-0.15, -0.1) is 10.2 Å². The van der Waals surface area contributed by atoms with Crippen LogP contribution in [0, 0.1) is 11.7 Å². The number of aliphatic carboxylic acids is 1. The van der Waals surface area contributed by atoms with Crippen LogP contribution in [0.3, 0.4) is 0 Å². The summed E-state index contributed by atoms with van der Waals surface area (Å²) >= 11 is 4.98. The number of hydrogen-bond donors (Lipinski definition) is 3. The third-order valence-electron chi connectivity index (χ3n) is 8.11. The van der Waals surface area contributed by atoms with E-state index >= 15 is 4.39 Å². The number of fused-ring (bicyclic) bond motifs is 2. The Bertz CT molecular complexity index is 1620. The van der Waals surface area contributed by atoms with Crippen molar-refractivity contribution >= 4 is 45.7 Å². The fourth-order valence-electron chi connectivity index (χ4n) is 5.88. The number of carbonyl (C=O) groups is 2. The van der Waals surface area contributed by atoms with Crippen molar-refractivity contribution in [2.75, 3.05) is 33.3 Å². The monoisotopic (exact) mass is 613 g/mol. The SMILES string of the molecule is CONC(=S)N=Nc1c(O)n(CN2CCN(C3=CC4C(C=C3F)C(=O)C(C(=O)O)=CN4C3CC3)CC2)c2ccc(F)cc12. The number of hydroxylamine groups is 1. The minimum atomic E-state index is -1.30. The zero-order chi connectivity index (χ0) is 30.4. The molecule has 2 aliphatic carbocycles. The van der Waals surface area contributed by atoms with E-state index in [9.17, 15) is 24.2 Å². The van der Waals surface area contributed by atoms with Gasteiger partial charge in [0.15, 0.2) is 11.5 Å². The molecule has 226 valence electrons. The average molecular weight is 614 g/mol. The predicted molar refractivity (Wildman–Crippen MR) is 154 cm³/mol. The Morgan fingerprint density at radius 3 is 2.60 bits per heavy atom. The molecule has 12 nitrogen and oxygen atoms in total. The van der Waals surface area contributed by atoms with Gasteiger partial charge in [-0.2, -0.15) is 0 Å². The number of thiocarbonyl (C=S) groups is 1. The fraction of sp³-hybridized carbons (Fsp3) is 0.393. The van der Waals surface area contributed by atoms with Crippen molar-refractivity contribution in [3.63, 3.8) is 0 Å². The second-order valence-corrected chi connectivity index (χ2v) is 11.2. The Kier molecular flexibility index (Phi) is 7.70. The van der Waals surface area contributed by atoms with Crippen LogP contribution in [0.1, 0.15) is 12.8 Å². The molecule has 0 spiro atoms. The highest BCUT2D eigenvalue weighted by molar-refractivity contribution is 7.80. The zero-order valence-electron chi connectivity index (χ0n) is 23.1. The highest BCUT2D eigenvalue weighted by Gasteiger charge is 2.45. The van der Waals surface area contributed by atoms with Crippen LogP contribution in [0.5, 0.6) is 5.88 Å². The summed E-state index contributed by atoms with van der Waals surface area (Å²) in [4.78, 5) is 35.1. The quantitative estimate of drug-likeness (QED) is 0.185. The van der Waals surface area contributed by atoms with Crippen LogP contribution in [0.15, 0.2) is 63.9 Å². The van der Waals surface area contributed by atoms with Gasteiger partial charge in [0.2, 0.25) is 11.0 Å². The number of piperazine rings is 1. The number of benzene rings is 1. The molecule has 0 bridgehead atoms. The van der Waals surface area contributed by atoms with Gasteiger partial charge >= 0.3 is 5.97 Å². The maximum absolute atomic E-state index is 15.4. The number of aromatic nitrogens is 1. The number of carbonyl (C=O) groups excluding carboxylic acids is 1. The van der Waals surface area contributed by atoms with Crippen molar-refractivity contribution < 1.29 is 33.4 Å². The van der Waals surface area contributed by atoms with E-state index in [0.29, 0.717) is 42.8 Å². The van der Waals surface area contributed by atoms with Gasteiger partial charge < -0.3 is 20.0 Å². The van der Waals surface area contributed by atoms with Crippen molar-refractivity contribution in [1.82, 2.24) is 24.7 Å². The molecule has 6 rings (SSSR count). The number of hydrogen-bond acceptors (Lipinski definition) is 9. The van der Waals surface area contributed by atoms with Crippen molar-refractivity contribution in [1.29, 1.82) is 0 Å². The van der Waals surface area contributed by atoms with Gasteiger partial charge in [-0.05, 0) is 55.4 Å². The minimum absolute atomic E-state index is 0.0601. The molecule has 0 radical (unpaired) electrons. The number of allylic oxidation sites excluding steroid dienone is 1. The molecule has 3 heterocycles. The molecule has 2 aromatic rings. The van der Waals surface area contributed by atoms with Crippen molar-refractivity contribution in [2.45, 2.75) is 31.6 Å². The summed E-state index contributed by atoms with van der Waals surface area (Å²) in [6.45, 7) is 2.23. The van der Waals surface area contributed by atoms with E-state index in [-0.39, 0.29) is 35.0 Å². The van der Waals surface area contributed by atoms with E-state index in [0.717, 1.165) is 12.8 Å². The number of halogens is 2. The molecule has 1 saturated heterocycles. The van der Waals surface area contributed by atoms with Crippen LogP contribution in [-0.2, 0) is 21.1 Å². The third-order valence-corrected chi connectivity index (χ3v) is 8.28. The van der Waals surface area contributed by atoms with Crippen molar-refractivity contribution in [3.05, 3.63) is 59.5 Å². The van der Waals surface area contributed by atoms with Crippen LogP contribution in [0.4, 0.5) is 14.5 Å². The number of carboxylic acids is 1. The minimum Gasteiger partial charge on any atom is -0.493 e. The molecule has 2 atom stereocenters. The number of nitrogens with zero attached hydrogens (tertiary/aromatic N) is 6. The Morgan fingerprint density at radius 1 is 1.19 bits per heavy atom. The van der Waals surface area contributed by atoms with Gasteiger partial charge in [-0.1, -0.05) is 0 Å². The van der Waals surface area contributed by atoms with Crippen molar-refractivity contribution in [3.8, 4) is 5.88 Å².